The van der Waals surface area contributed by atoms with Crippen LogP contribution in [0.3, 0.4) is 0 Å². The summed E-state index contributed by atoms with van der Waals surface area (Å²) in [5.41, 5.74) is 0. The molecule has 2 heteroatoms. The molecule has 1 saturated carbocycles. The third-order valence-electron chi connectivity index (χ3n) is 5.44. The molecule has 3 unspecified atom stereocenters. The van der Waals surface area contributed by atoms with Crippen LogP contribution >= 0.6 is 0 Å². The minimum atomic E-state index is 0.711. The van der Waals surface area contributed by atoms with Gasteiger partial charge in [0.25, 0.3) is 0 Å². The maximum absolute atomic E-state index is 3.93. The van der Waals surface area contributed by atoms with Crippen molar-refractivity contribution in [2.75, 3.05) is 13.1 Å². The topological polar surface area (TPSA) is 15.3 Å². The quantitative estimate of drug-likeness (QED) is 0.753. The number of piperidine rings is 1. The third kappa shape index (κ3) is 2.53. The highest BCUT2D eigenvalue weighted by Crippen LogP contribution is 2.34. The molecule has 0 radical (unpaired) electrons. The van der Waals surface area contributed by atoms with Crippen LogP contribution in [0.25, 0.3) is 0 Å². The molecule has 0 aromatic rings. The monoisotopic (exact) mass is 236 g/mol. The molecule has 0 aromatic carbocycles. The van der Waals surface area contributed by atoms with Gasteiger partial charge in [-0.15, -0.1) is 0 Å². The molecule has 0 spiro atoms. The second-order valence-corrected chi connectivity index (χ2v) is 6.93. The zero-order chi connectivity index (χ0) is 11.8. The van der Waals surface area contributed by atoms with Gasteiger partial charge in [-0.2, -0.15) is 0 Å². The van der Waals surface area contributed by atoms with Gasteiger partial charge in [0, 0.05) is 12.6 Å². The Bertz CT molecular complexity index is 258. The van der Waals surface area contributed by atoms with Gasteiger partial charge in [-0.05, 0) is 50.0 Å². The maximum atomic E-state index is 3.93. The fourth-order valence-corrected chi connectivity index (χ4v) is 4.11. The molecule has 0 amide bonds. The second kappa shape index (κ2) is 4.89. The van der Waals surface area contributed by atoms with Crippen molar-refractivity contribution in [1.82, 2.24) is 10.2 Å². The molecule has 3 aliphatic rings. The Morgan fingerprint density at radius 2 is 1.71 bits per heavy atom. The zero-order valence-corrected chi connectivity index (χ0v) is 11.5. The highest BCUT2D eigenvalue weighted by molar-refractivity contribution is 4.94. The largest absolute Gasteiger partial charge is 0.297 e. The van der Waals surface area contributed by atoms with E-state index in [0.29, 0.717) is 6.17 Å². The summed E-state index contributed by atoms with van der Waals surface area (Å²) in [7, 11) is 0. The van der Waals surface area contributed by atoms with Crippen LogP contribution in [0, 0.1) is 17.8 Å². The lowest BCUT2D eigenvalue weighted by molar-refractivity contribution is 0.149. The zero-order valence-electron chi connectivity index (χ0n) is 11.5. The lowest BCUT2D eigenvalue weighted by Crippen LogP contribution is -2.43. The lowest BCUT2D eigenvalue weighted by Gasteiger charge is -2.32. The van der Waals surface area contributed by atoms with Gasteiger partial charge >= 0.3 is 0 Å². The molecule has 2 heterocycles. The molecule has 3 fully saturated rings. The van der Waals surface area contributed by atoms with E-state index in [1.54, 1.807) is 0 Å². The van der Waals surface area contributed by atoms with Gasteiger partial charge in [0.15, 0.2) is 0 Å². The Morgan fingerprint density at radius 1 is 0.941 bits per heavy atom. The average molecular weight is 236 g/mol. The molecule has 3 atom stereocenters. The molecule has 0 aromatic heterocycles. The van der Waals surface area contributed by atoms with E-state index >= 15 is 0 Å². The number of rotatable bonds is 1. The van der Waals surface area contributed by atoms with Gasteiger partial charge < -0.3 is 0 Å². The Balaban J connectivity index is 1.56. The Morgan fingerprint density at radius 3 is 2.47 bits per heavy atom. The smallest absolute Gasteiger partial charge is 0.0602 e. The van der Waals surface area contributed by atoms with E-state index in [4.69, 9.17) is 0 Å². The summed E-state index contributed by atoms with van der Waals surface area (Å²) in [6.45, 7) is 7.49. The Hall–Kier alpha value is -0.0800. The first-order valence-corrected chi connectivity index (χ1v) is 7.72. The van der Waals surface area contributed by atoms with Gasteiger partial charge in [0.05, 0.1) is 6.17 Å². The fourth-order valence-electron chi connectivity index (χ4n) is 4.11. The Labute approximate surface area is 106 Å². The van der Waals surface area contributed by atoms with E-state index in [-0.39, 0.29) is 0 Å². The maximum Gasteiger partial charge on any atom is 0.0602 e. The normalized spacial score (nSPS) is 48.0. The van der Waals surface area contributed by atoms with E-state index in [1.165, 1.54) is 51.6 Å². The molecular formula is C15H28N2. The summed E-state index contributed by atoms with van der Waals surface area (Å²) in [5, 5.41) is 3.93. The molecule has 2 saturated heterocycles. The molecular weight excluding hydrogens is 208 g/mol. The molecule has 1 N–H and O–H groups in total. The summed E-state index contributed by atoms with van der Waals surface area (Å²) in [6.07, 6.45) is 9.35. The molecule has 2 nitrogen and oxygen atoms in total. The number of nitrogens with zero attached hydrogens (tertiary/aromatic N) is 1. The highest BCUT2D eigenvalue weighted by Gasteiger charge is 2.38. The van der Waals surface area contributed by atoms with Crippen molar-refractivity contribution in [3.8, 4) is 0 Å². The minimum Gasteiger partial charge on any atom is -0.297 e. The highest BCUT2D eigenvalue weighted by atomic mass is 15.3. The summed E-state index contributed by atoms with van der Waals surface area (Å²) in [6, 6.07) is 0.804. The van der Waals surface area contributed by atoms with E-state index in [2.05, 4.69) is 24.1 Å². The van der Waals surface area contributed by atoms with Crippen LogP contribution in [0.4, 0.5) is 0 Å². The number of hydrogen-bond acceptors (Lipinski definition) is 2. The molecule has 98 valence electrons. The van der Waals surface area contributed by atoms with Crippen molar-refractivity contribution in [3.05, 3.63) is 0 Å². The van der Waals surface area contributed by atoms with Crippen LogP contribution in [0.2, 0.25) is 0 Å². The standard InChI is InChI=1S/C15H28N2/c1-11-3-5-13(6-4-11)14-10-17-8-7-12(2)9-15(17)16-14/h11-16H,3-10H2,1-2H3. The van der Waals surface area contributed by atoms with Gasteiger partial charge in [-0.1, -0.05) is 26.7 Å². The number of nitrogens with one attached hydrogen (secondary N) is 1. The summed E-state index contributed by atoms with van der Waals surface area (Å²) in [4.78, 5) is 2.71. The predicted octanol–water partition coefficient (Wildman–Crippen LogP) is 2.84. The molecule has 2 aliphatic heterocycles. The van der Waals surface area contributed by atoms with Crippen molar-refractivity contribution in [3.63, 3.8) is 0 Å². The van der Waals surface area contributed by atoms with E-state index in [9.17, 15) is 0 Å². The van der Waals surface area contributed by atoms with Gasteiger partial charge in [0.2, 0.25) is 0 Å². The van der Waals surface area contributed by atoms with Crippen LogP contribution < -0.4 is 5.32 Å². The molecule has 0 bridgehead atoms. The number of fused-ring (bicyclic) bond motifs is 1. The predicted molar refractivity (Wildman–Crippen MR) is 71.8 cm³/mol. The molecule has 17 heavy (non-hydrogen) atoms. The van der Waals surface area contributed by atoms with Gasteiger partial charge in [-0.25, -0.2) is 0 Å². The summed E-state index contributed by atoms with van der Waals surface area (Å²) < 4.78 is 0. The average Bonchev–Trinajstić information content (AvgIpc) is 2.72. The first-order valence-electron chi connectivity index (χ1n) is 7.72. The first kappa shape index (κ1) is 12.0. The Kier molecular flexibility index (Phi) is 3.45. The lowest BCUT2D eigenvalue weighted by atomic mass is 9.79. The molecule has 1 aliphatic carbocycles. The summed E-state index contributed by atoms with van der Waals surface area (Å²) in [5.74, 6) is 2.87. The van der Waals surface area contributed by atoms with Gasteiger partial charge in [-0.3, -0.25) is 10.2 Å². The SMILES string of the molecule is CC1CCC(C2CN3CCC(C)CC3N2)CC1. The van der Waals surface area contributed by atoms with Crippen molar-refractivity contribution < 1.29 is 0 Å². The summed E-state index contributed by atoms with van der Waals surface area (Å²) >= 11 is 0. The third-order valence-corrected chi connectivity index (χ3v) is 5.44. The fraction of sp³-hybridized carbons (Fsp3) is 1.00. The van der Waals surface area contributed by atoms with Crippen molar-refractivity contribution in [2.24, 2.45) is 17.8 Å². The van der Waals surface area contributed by atoms with Crippen molar-refractivity contribution in [1.29, 1.82) is 0 Å². The van der Waals surface area contributed by atoms with Crippen LogP contribution in [-0.4, -0.2) is 30.2 Å². The van der Waals surface area contributed by atoms with E-state index in [0.717, 1.165) is 23.8 Å². The van der Waals surface area contributed by atoms with Crippen LogP contribution in [0.15, 0.2) is 0 Å². The van der Waals surface area contributed by atoms with Crippen LogP contribution in [0.1, 0.15) is 52.4 Å². The first-order chi connectivity index (χ1) is 8.22. The van der Waals surface area contributed by atoms with E-state index in [1.807, 2.05) is 0 Å². The van der Waals surface area contributed by atoms with Crippen LogP contribution in [0.5, 0.6) is 0 Å². The van der Waals surface area contributed by atoms with Crippen LogP contribution in [-0.2, 0) is 0 Å². The van der Waals surface area contributed by atoms with Gasteiger partial charge in [0.1, 0.15) is 0 Å². The minimum absolute atomic E-state index is 0.711. The van der Waals surface area contributed by atoms with Crippen molar-refractivity contribution in [2.45, 2.75) is 64.6 Å². The van der Waals surface area contributed by atoms with Crippen molar-refractivity contribution >= 4 is 0 Å². The second-order valence-electron chi connectivity index (χ2n) is 6.93. The number of hydrogen-bond donors (Lipinski definition) is 1. The van der Waals surface area contributed by atoms with E-state index < -0.39 is 0 Å². The molecule has 3 rings (SSSR count).